The molecule has 2 aromatic carbocycles. The zero-order valence-corrected chi connectivity index (χ0v) is 18.0. The van der Waals surface area contributed by atoms with Gasteiger partial charge in [-0.3, -0.25) is 14.5 Å². The Bertz CT molecular complexity index is 992. The third-order valence-electron chi connectivity index (χ3n) is 5.87. The standard InChI is InChI=1S/C24H25ClN2O3/c1-16-11-13-26(14-12-16)22-21(19-5-3-4-6-20(19)30-2)23(28)27(24(22)29)15-17-7-9-18(25)10-8-17/h3-10,16H,11-15H2,1-2H3. The second-order valence-electron chi connectivity index (χ2n) is 7.92. The monoisotopic (exact) mass is 424 g/mol. The fourth-order valence-corrected chi connectivity index (χ4v) is 4.22. The van der Waals surface area contributed by atoms with E-state index in [0.717, 1.165) is 31.5 Å². The van der Waals surface area contributed by atoms with Crippen LogP contribution in [-0.4, -0.2) is 41.8 Å². The number of halogens is 1. The molecule has 2 aromatic rings. The van der Waals surface area contributed by atoms with Crippen molar-refractivity contribution in [3.8, 4) is 5.75 Å². The van der Waals surface area contributed by atoms with Gasteiger partial charge in [-0.05, 0) is 42.5 Å². The van der Waals surface area contributed by atoms with Crippen molar-refractivity contribution in [3.05, 3.63) is 70.4 Å². The molecule has 4 rings (SSSR count). The Morgan fingerprint density at radius 3 is 2.33 bits per heavy atom. The predicted octanol–water partition coefficient (Wildman–Crippen LogP) is 4.36. The number of ether oxygens (including phenoxy) is 1. The van der Waals surface area contributed by atoms with Gasteiger partial charge in [0, 0.05) is 23.7 Å². The lowest BCUT2D eigenvalue weighted by Crippen LogP contribution is -2.38. The minimum Gasteiger partial charge on any atom is -0.496 e. The summed E-state index contributed by atoms with van der Waals surface area (Å²) in [4.78, 5) is 30.4. The fraction of sp³-hybridized carbons (Fsp3) is 0.333. The van der Waals surface area contributed by atoms with Gasteiger partial charge in [-0.2, -0.15) is 0 Å². The summed E-state index contributed by atoms with van der Waals surface area (Å²) in [6.07, 6.45) is 2.00. The third-order valence-corrected chi connectivity index (χ3v) is 6.13. The maximum atomic E-state index is 13.5. The third kappa shape index (κ3) is 3.82. The first-order valence-electron chi connectivity index (χ1n) is 10.2. The van der Waals surface area contributed by atoms with E-state index in [0.29, 0.717) is 33.5 Å². The van der Waals surface area contributed by atoms with Crippen molar-refractivity contribution in [2.24, 2.45) is 5.92 Å². The summed E-state index contributed by atoms with van der Waals surface area (Å²) in [7, 11) is 1.58. The molecule has 2 aliphatic heterocycles. The van der Waals surface area contributed by atoms with Gasteiger partial charge in [0.25, 0.3) is 11.8 Å². The average molecular weight is 425 g/mol. The Labute approximate surface area is 181 Å². The van der Waals surface area contributed by atoms with Crippen LogP contribution in [0.1, 0.15) is 30.9 Å². The van der Waals surface area contributed by atoms with Crippen LogP contribution >= 0.6 is 11.6 Å². The predicted molar refractivity (Wildman–Crippen MR) is 117 cm³/mol. The zero-order valence-electron chi connectivity index (χ0n) is 17.2. The normalized spacial score (nSPS) is 17.8. The Morgan fingerprint density at radius 2 is 1.67 bits per heavy atom. The van der Waals surface area contributed by atoms with Crippen molar-refractivity contribution in [1.82, 2.24) is 9.80 Å². The van der Waals surface area contributed by atoms with Crippen LogP contribution < -0.4 is 4.74 Å². The van der Waals surface area contributed by atoms with Gasteiger partial charge >= 0.3 is 0 Å². The lowest BCUT2D eigenvalue weighted by Gasteiger charge is -2.32. The highest BCUT2D eigenvalue weighted by Gasteiger charge is 2.42. The van der Waals surface area contributed by atoms with Gasteiger partial charge in [0.15, 0.2) is 0 Å². The molecule has 1 fully saturated rings. The smallest absolute Gasteiger partial charge is 0.278 e. The summed E-state index contributed by atoms with van der Waals surface area (Å²) in [5, 5.41) is 0.619. The highest BCUT2D eigenvalue weighted by molar-refractivity contribution is 6.36. The van der Waals surface area contributed by atoms with Crippen molar-refractivity contribution in [2.75, 3.05) is 20.2 Å². The Kier molecular flexibility index (Phi) is 5.82. The molecule has 2 heterocycles. The van der Waals surface area contributed by atoms with Crippen molar-refractivity contribution >= 4 is 29.0 Å². The van der Waals surface area contributed by atoms with Gasteiger partial charge in [-0.25, -0.2) is 0 Å². The number of carbonyl (C=O) groups is 2. The lowest BCUT2D eigenvalue weighted by molar-refractivity contribution is -0.138. The van der Waals surface area contributed by atoms with Gasteiger partial charge in [-0.15, -0.1) is 0 Å². The van der Waals surface area contributed by atoms with Gasteiger partial charge in [-0.1, -0.05) is 48.9 Å². The number of carbonyl (C=O) groups excluding carboxylic acids is 2. The molecule has 2 amide bonds. The van der Waals surface area contributed by atoms with E-state index in [-0.39, 0.29) is 18.4 Å². The molecule has 0 radical (unpaired) electrons. The minimum absolute atomic E-state index is 0.210. The Hall–Kier alpha value is -2.79. The van der Waals surface area contributed by atoms with Crippen LogP contribution in [0.5, 0.6) is 5.75 Å². The van der Waals surface area contributed by atoms with Crippen LogP contribution in [0.3, 0.4) is 0 Å². The Morgan fingerprint density at radius 1 is 1.00 bits per heavy atom. The van der Waals surface area contributed by atoms with E-state index < -0.39 is 0 Å². The lowest BCUT2D eigenvalue weighted by atomic mass is 9.97. The number of hydrogen-bond acceptors (Lipinski definition) is 4. The van der Waals surface area contributed by atoms with Crippen LogP contribution in [-0.2, 0) is 16.1 Å². The van der Waals surface area contributed by atoms with Crippen molar-refractivity contribution in [1.29, 1.82) is 0 Å². The quantitative estimate of drug-likeness (QED) is 0.669. The van der Waals surface area contributed by atoms with E-state index in [1.165, 1.54) is 4.90 Å². The number of para-hydroxylation sites is 1. The van der Waals surface area contributed by atoms with Gasteiger partial charge in [0.05, 0.1) is 19.2 Å². The SMILES string of the molecule is COc1ccccc1C1=C(N2CCC(C)CC2)C(=O)N(Cc2ccc(Cl)cc2)C1=O. The van der Waals surface area contributed by atoms with E-state index in [1.807, 2.05) is 36.4 Å². The molecule has 0 bridgehead atoms. The van der Waals surface area contributed by atoms with E-state index in [9.17, 15) is 9.59 Å². The molecular formula is C24H25ClN2O3. The molecule has 6 heteroatoms. The second-order valence-corrected chi connectivity index (χ2v) is 8.35. The number of methoxy groups -OCH3 is 1. The summed E-state index contributed by atoms with van der Waals surface area (Å²) in [5.41, 5.74) is 2.44. The first-order valence-corrected chi connectivity index (χ1v) is 10.6. The van der Waals surface area contributed by atoms with E-state index in [4.69, 9.17) is 16.3 Å². The maximum absolute atomic E-state index is 13.5. The first kappa shape index (κ1) is 20.5. The largest absolute Gasteiger partial charge is 0.496 e. The molecule has 0 aliphatic carbocycles. The number of amides is 2. The van der Waals surface area contributed by atoms with Crippen LogP contribution in [0.15, 0.2) is 54.2 Å². The van der Waals surface area contributed by atoms with Gasteiger partial charge in [0.1, 0.15) is 11.4 Å². The van der Waals surface area contributed by atoms with Crippen molar-refractivity contribution in [3.63, 3.8) is 0 Å². The number of nitrogens with zero attached hydrogens (tertiary/aromatic N) is 2. The molecule has 1 saturated heterocycles. The van der Waals surface area contributed by atoms with Crippen LogP contribution in [0.25, 0.3) is 5.57 Å². The Balaban J connectivity index is 1.75. The summed E-state index contributed by atoms with van der Waals surface area (Å²) < 4.78 is 5.51. The highest BCUT2D eigenvalue weighted by Crippen LogP contribution is 2.38. The van der Waals surface area contributed by atoms with Crippen LogP contribution in [0.4, 0.5) is 0 Å². The average Bonchev–Trinajstić information content (AvgIpc) is 3.00. The number of hydrogen-bond donors (Lipinski definition) is 0. The summed E-state index contributed by atoms with van der Waals surface area (Å²) >= 11 is 5.98. The molecule has 156 valence electrons. The minimum atomic E-state index is -0.284. The number of imide groups is 1. The molecule has 0 unspecified atom stereocenters. The fourth-order valence-electron chi connectivity index (χ4n) is 4.10. The summed E-state index contributed by atoms with van der Waals surface area (Å²) in [6, 6.07) is 14.6. The molecule has 0 N–H and O–H groups in total. The molecule has 2 aliphatic rings. The summed E-state index contributed by atoms with van der Waals surface area (Å²) in [5.74, 6) is 0.678. The second kappa shape index (κ2) is 8.52. The van der Waals surface area contributed by atoms with E-state index in [1.54, 1.807) is 19.2 Å². The summed E-state index contributed by atoms with van der Waals surface area (Å²) in [6.45, 7) is 3.97. The molecule has 0 atom stereocenters. The molecule has 5 nitrogen and oxygen atoms in total. The molecule has 0 spiro atoms. The van der Waals surface area contributed by atoms with Crippen molar-refractivity contribution in [2.45, 2.75) is 26.3 Å². The van der Waals surface area contributed by atoms with Crippen LogP contribution in [0.2, 0.25) is 5.02 Å². The van der Waals surface area contributed by atoms with E-state index in [2.05, 4.69) is 11.8 Å². The maximum Gasteiger partial charge on any atom is 0.278 e. The molecule has 0 aromatic heterocycles. The van der Waals surface area contributed by atoms with Gasteiger partial charge < -0.3 is 9.64 Å². The highest BCUT2D eigenvalue weighted by atomic mass is 35.5. The topological polar surface area (TPSA) is 49.9 Å². The number of piperidine rings is 1. The number of benzene rings is 2. The molecule has 30 heavy (non-hydrogen) atoms. The number of likely N-dealkylation sites (tertiary alicyclic amines) is 1. The van der Waals surface area contributed by atoms with Gasteiger partial charge in [0.2, 0.25) is 0 Å². The zero-order chi connectivity index (χ0) is 21.3. The molecule has 0 saturated carbocycles. The van der Waals surface area contributed by atoms with Crippen molar-refractivity contribution < 1.29 is 14.3 Å². The molecular weight excluding hydrogens is 400 g/mol. The first-order chi connectivity index (χ1) is 14.5. The van der Waals surface area contributed by atoms with Crippen LogP contribution in [0, 0.1) is 5.92 Å². The number of rotatable bonds is 5. The van der Waals surface area contributed by atoms with E-state index >= 15 is 0 Å².